The van der Waals surface area contributed by atoms with Crippen LogP contribution in [0.25, 0.3) is 0 Å². The van der Waals surface area contributed by atoms with E-state index in [0.717, 1.165) is 49.2 Å². The van der Waals surface area contributed by atoms with Gasteiger partial charge in [0.15, 0.2) is 0 Å². The van der Waals surface area contributed by atoms with Gasteiger partial charge in [-0.3, -0.25) is 0 Å². The van der Waals surface area contributed by atoms with E-state index in [4.69, 9.17) is 9.47 Å². The summed E-state index contributed by atoms with van der Waals surface area (Å²) in [4.78, 5) is 0. The van der Waals surface area contributed by atoms with Crippen molar-refractivity contribution in [3.05, 3.63) is 23.3 Å². The van der Waals surface area contributed by atoms with Gasteiger partial charge in [-0.25, -0.2) is 0 Å². The Labute approximate surface area is 160 Å². The number of rotatable bonds is 9. The van der Waals surface area contributed by atoms with Gasteiger partial charge in [0.2, 0.25) is 0 Å². The number of hydrogen-bond acceptors (Lipinski definition) is 3. The first kappa shape index (κ1) is 21.1. The van der Waals surface area contributed by atoms with E-state index < -0.39 is 0 Å². The maximum Gasteiger partial charge on any atom is 0.126 e. The second kappa shape index (κ2) is 9.64. The molecule has 2 rings (SSSR count). The molecule has 1 aliphatic carbocycles. The third kappa shape index (κ3) is 4.94. The van der Waals surface area contributed by atoms with Crippen LogP contribution in [-0.4, -0.2) is 25.4 Å². The first-order valence-corrected chi connectivity index (χ1v) is 10.4. The smallest absolute Gasteiger partial charge is 0.126 e. The molecule has 1 aromatic rings. The molecule has 148 valence electrons. The summed E-state index contributed by atoms with van der Waals surface area (Å²) in [6, 6.07) is 4.36. The zero-order valence-corrected chi connectivity index (χ0v) is 17.4. The van der Waals surface area contributed by atoms with Crippen molar-refractivity contribution in [3.63, 3.8) is 0 Å². The van der Waals surface area contributed by atoms with Crippen molar-refractivity contribution >= 4 is 0 Å². The normalized spacial score (nSPS) is 20.8. The van der Waals surface area contributed by atoms with Crippen LogP contribution in [0.5, 0.6) is 11.5 Å². The Morgan fingerprint density at radius 3 is 2.15 bits per heavy atom. The molecular weight excluding hydrogens is 324 g/mol. The van der Waals surface area contributed by atoms with Gasteiger partial charge in [-0.2, -0.15) is 0 Å². The quantitative estimate of drug-likeness (QED) is 0.550. The summed E-state index contributed by atoms with van der Waals surface area (Å²) < 4.78 is 11.6. The Balaban J connectivity index is 2.32. The monoisotopic (exact) mass is 362 g/mol. The van der Waals surface area contributed by atoms with Crippen molar-refractivity contribution in [2.75, 3.05) is 14.2 Å². The van der Waals surface area contributed by atoms with Crippen LogP contribution < -0.4 is 9.47 Å². The average Bonchev–Trinajstić information content (AvgIpc) is 2.64. The zero-order chi connectivity index (χ0) is 19.2. The largest absolute Gasteiger partial charge is 0.496 e. The minimum Gasteiger partial charge on any atom is -0.496 e. The van der Waals surface area contributed by atoms with Crippen LogP contribution in [0, 0.1) is 0 Å². The van der Waals surface area contributed by atoms with Crippen molar-refractivity contribution in [2.45, 2.75) is 96.0 Å². The van der Waals surface area contributed by atoms with Gasteiger partial charge >= 0.3 is 0 Å². The SMILES string of the molecule is CCCCCCC(C)(C)c1cc(OC)c(C2CCCCC2O)c(OC)c1. The van der Waals surface area contributed by atoms with Gasteiger partial charge in [-0.1, -0.05) is 59.3 Å². The number of hydrogen-bond donors (Lipinski definition) is 1. The summed E-state index contributed by atoms with van der Waals surface area (Å²) in [5.41, 5.74) is 2.39. The molecule has 0 aromatic heterocycles. The summed E-state index contributed by atoms with van der Waals surface area (Å²) in [6.07, 6.45) is 10.1. The summed E-state index contributed by atoms with van der Waals surface area (Å²) in [6.45, 7) is 6.86. The molecule has 0 heterocycles. The Kier molecular flexibility index (Phi) is 7.82. The molecule has 26 heavy (non-hydrogen) atoms. The lowest BCUT2D eigenvalue weighted by atomic mass is 9.76. The molecule has 1 N–H and O–H groups in total. The van der Waals surface area contributed by atoms with E-state index in [1.165, 1.54) is 31.2 Å². The zero-order valence-electron chi connectivity index (χ0n) is 17.4. The first-order chi connectivity index (χ1) is 12.4. The van der Waals surface area contributed by atoms with Crippen molar-refractivity contribution in [1.29, 1.82) is 0 Å². The highest BCUT2D eigenvalue weighted by Crippen LogP contribution is 2.45. The average molecular weight is 363 g/mol. The van der Waals surface area contributed by atoms with E-state index in [2.05, 4.69) is 32.9 Å². The van der Waals surface area contributed by atoms with Crippen LogP contribution in [0.3, 0.4) is 0 Å². The molecule has 0 radical (unpaired) electrons. The predicted molar refractivity (Wildman–Crippen MR) is 109 cm³/mol. The summed E-state index contributed by atoms with van der Waals surface area (Å²) in [5.74, 6) is 1.84. The van der Waals surface area contributed by atoms with Crippen molar-refractivity contribution in [2.24, 2.45) is 0 Å². The molecule has 0 aliphatic heterocycles. The molecule has 0 spiro atoms. The highest BCUT2D eigenvalue weighted by Gasteiger charge is 2.32. The van der Waals surface area contributed by atoms with Gasteiger partial charge in [-0.15, -0.1) is 0 Å². The third-order valence-corrected chi connectivity index (χ3v) is 6.08. The fourth-order valence-electron chi connectivity index (χ4n) is 4.28. The van der Waals surface area contributed by atoms with Gasteiger partial charge in [0.25, 0.3) is 0 Å². The van der Waals surface area contributed by atoms with Crippen LogP contribution in [0.1, 0.15) is 95.6 Å². The molecule has 3 nitrogen and oxygen atoms in total. The lowest BCUT2D eigenvalue weighted by Crippen LogP contribution is -2.24. The van der Waals surface area contributed by atoms with Gasteiger partial charge in [-0.05, 0) is 42.4 Å². The van der Waals surface area contributed by atoms with Gasteiger partial charge in [0.05, 0.1) is 20.3 Å². The number of aliphatic hydroxyl groups is 1. The molecular formula is C23H38O3. The molecule has 2 atom stereocenters. The van der Waals surface area contributed by atoms with Gasteiger partial charge < -0.3 is 14.6 Å². The number of ether oxygens (including phenoxy) is 2. The molecule has 0 amide bonds. The summed E-state index contributed by atoms with van der Waals surface area (Å²) >= 11 is 0. The Hall–Kier alpha value is -1.22. The van der Waals surface area contributed by atoms with Gasteiger partial charge in [0, 0.05) is 11.5 Å². The van der Waals surface area contributed by atoms with E-state index in [1.807, 2.05) is 0 Å². The van der Waals surface area contributed by atoms with Crippen molar-refractivity contribution in [3.8, 4) is 11.5 Å². The van der Waals surface area contributed by atoms with E-state index in [0.29, 0.717) is 0 Å². The molecule has 2 unspecified atom stereocenters. The Morgan fingerprint density at radius 1 is 1.00 bits per heavy atom. The number of benzene rings is 1. The highest BCUT2D eigenvalue weighted by molar-refractivity contribution is 5.52. The van der Waals surface area contributed by atoms with Crippen LogP contribution >= 0.6 is 0 Å². The number of unbranched alkanes of at least 4 members (excludes halogenated alkanes) is 3. The van der Waals surface area contributed by atoms with E-state index in [-0.39, 0.29) is 17.4 Å². The molecule has 1 aromatic carbocycles. The van der Waals surface area contributed by atoms with Crippen LogP contribution in [0.2, 0.25) is 0 Å². The molecule has 1 aliphatic rings. The Morgan fingerprint density at radius 2 is 1.62 bits per heavy atom. The Bertz CT molecular complexity index is 540. The first-order valence-electron chi connectivity index (χ1n) is 10.4. The minimum absolute atomic E-state index is 0.0814. The van der Waals surface area contributed by atoms with Crippen molar-refractivity contribution in [1.82, 2.24) is 0 Å². The molecule has 3 heteroatoms. The lowest BCUT2D eigenvalue weighted by molar-refractivity contribution is 0.103. The molecule has 1 fully saturated rings. The third-order valence-electron chi connectivity index (χ3n) is 6.08. The van der Waals surface area contributed by atoms with Crippen LogP contribution in [-0.2, 0) is 5.41 Å². The van der Waals surface area contributed by atoms with E-state index >= 15 is 0 Å². The van der Waals surface area contributed by atoms with E-state index in [9.17, 15) is 5.11 Å². The van der Waals surface area contributed by atoms with Crippen molar-refractivity contribution < 1.29 is 14.6 Å². The fraction of sp³-hybridized carbons (Fsp3) is 0.739. The standard InChI is InChI=1S/C23H38O3/c1-6-7-8-11-14-23(2,3)17-15-20(25-4)22(21(16-17)26-5)18-12-9-10-13-19(18)24/h15-16,18-19,24H,6-14H2,1-5H3. The van der Waals surface area contributed by atoms with Crippen LogP contribution in [0.4, 0.5) is 0 Å². The van der Waals surface area contributed by atoms with Crippen LogP contribution in [0.15, 0.2) is 12.1 Å². The van der Waals surface area contributed by atoms with E-state index in [1.54, 1.807) is 14.2 Å². The highest BCUT2D eigenvalue weighted by atomic mass is 16.5. The topological polar surface area (TPSA) is 38.7 Å². The predicted octanol–water partition coefficient (Wildman–Crippen LogP) is 5.97. The number of aliphatic hydroxyl groups excluding tert-OH is 1. The second-order valence-corrected chi connectivity index (χ2v) is 8.45. The molecule has 1 saturated carbocycles. The van der Waals surface area contributed by atoms with Gasteiger partial charge in [0.1, 0.15) is 11.5 Å². The number of methoxy groups -OCH3 is 2. The molecule has 0 saturated heterocycles. The fourth-order valence-corrected chi connectivity index (χ4v) is 4.28. The minimum atomic E-state index is -0.306. The molecule has 0 bridgehead atoms. The maximum atomic E-state index is 10.5. The summed E-state index contributed by atoms with van der Waals surface area (Å²) in [7, 11) is 3.46. The summed E-state index contributed by atoms with van der Waals surface area (Å²) in [5, 5.41) is 10.5. The second-order valence-electron chi connectivity index (χ2n) is 8.45. The lowest BCUT2D eigenvalue weighted by Gasteiger charge is -2.32. The maximum absolute atomic E-state index is 10.5.